The molecule has 0 bridgehead atoms. The molecule has 90 valence electrons. The van der Waals surface area contributed by atoms with Crippen molar-refractivity contribution in [3.63, 3.8) is 0 Å². The van der Waals surface area contributed by atoms with Crippen LogP contribution in [0.1, 0.15) is 12.0 Å². The number of halogens is 2. The Morgan fingerprint density at radius 1 is 1.44 bits per heavy atom. The zero-order chi connectivity index (χ0) is 12.0. The number of nitrogens with zero attached hydrogens (tertiary/aromatic N) is 1. The fraction of sp³-hybridized carbons (Fsp3) is 0.500. The van der Waals surface area contributed by atoms with E-state index >= 15 is 0 Å². The minimum absolute atomic E-state index is 0.191. The lowest BCUT2D eigenvalue weighted by atomic mass is 10.1. The van der Waals surface area contributed by atoms with E-state index in [0.29, 0.717) is 12.2 Å². The highest BCUT2D eigenvalue weighted by Crippen LogP contribution is 2.24. The molecule has 4 heteroatoms. The number of hydrogen-bond donors (Lipinski definition) is 0. The Balaban J connectivity index is 2.74. The zero-order valence-electron chi connectivity index (χ0n) is 9.67. The summed E-state index contributed by atoms with van der Waals surface area (Å²) >= 11 is 5.75. The second kappa shape index (κ2) is 6.71. The van der Waals surface area contributed by atoms with Crippen molar-refractivity contribution in [3.05, 3.63) is 29.6 Å². The van der Waals surface area contributed by atoms with Gasteiger partial charge in [-0.25, -0.2) is 4.39 Å². The fourth-order valence-electron chi connectivity index (χ4n) is 1.60. The number of benzene rings is 1. The van der Waals surface area contributed by atoms with Crippen molar-refractivity contribution >= 4 is 17.3 Å². The number of ether oxygens (including phenoxy) is 1. The van der Waals surface area contributed by atoms with Crippen LogP contribution in [0, 0.1) is 5.82 Å². The van der Waals surface area contributed by atoms with E-state index in [9.17, 15) is 4.39 Å². The molecule has 0 aliphatic carbocycles. The van der Waals surface area contributed by atoms with Crippen molar-refractivity contribution in [1.82, 2.24) is 0 Å². The molecular weight excluding hydrogens is 229 g/mol. The van der Waals surface area contributed by atoms with Crippen molar-refractivity contribution in [2.75, 3.05) is 32.2 Å². The second-order valence-electron chi connectivity index (χ2n) is 3.64. The van der Waals surface area contributed by atoms with E-state index in [0.717, 1.165) is 18.7 Å². The smallest absolute Gasteiger partial charge is 0.129 e. The summed E-state index contributed by atoms with van der Waals surface area (Å²) in [7, 11) is 3.60. The third-order valence-corrected chi connectivity index (χ3v) is 2.75. The fourth-order valence-corrected chi connectivity index (χ4v) is 1.87. The molecular formula is C12H17ClFNO. The highest BCUT2D eigenvalue weighted by molar-refractivity contribution is 6.17. The summed E-state index contributed by atoms with van der Waals surface area (Å²) in [6.07, 6.45) is 0.908. The largest absolute Gasteiger partial charge is 0.385 e. The monoisotopic (exact) mass is 245 g/mol. The Hall–Kier alpha value is -0.800. The van der Waals surface area contributed by atoms with Gasteiger partial charge in [0.2, 0.25) is 0 Å². The average molecular weight is 246 g/mol. The van der Waals surface area contributed by atoms with E-state index in [1.807, 2.05) is 18.0 Å². The second-order valence-corrected chi connectivity index (χ2v) is 3.91. The van der Waals surface area contributed by atoms with E-state index < -0.39 is 0 Å². The molecule has 16 heavy (non-hydrogen) atoms. The van der Waals surface area contributed by atoms with E-state index in [1.165, 1.54) is 6.07 Å². The van der Waals surface area contributed by atoms with Gasteiger partial charge >= 0.3 is 0 Å². The Kier molecular flexibility index (Phi) is 5.56. The molecule has 0 radical (unpaired) electrons. The summed E-state index contributed by atoms with van der Waals surface area (Å²) in [6.45, 7) is 1.52. The minimum Gasteiger partial charge on any atom is -0.385 e. The van der Waals surface area contributed by atoms with Crippen molar-refractivity contribution in [1.29, 1.82) is 0 Å². The van der Waals surface area contributed by atoms with Gasteiger partial charge in [0.05, 0.1) is 5.88 Å². The first-order valence-electron chi connectivity index (χ1n) is 5.24. The maximum atomic E-state index is 13.5. The molecule has 1 aromatic rings. The highest BCUT2D eigenvalue weighted by Gasteiger charge is 2.10. The molecule has 2 nitrogen and oxygen atoms in total. The Bertz CT molecular complexity index is 333. The van der Waals surface area contributed by atoms with Crippen LogP contribution in [-0.4, -0.2) is 27.3 Å². The van der Waals surface area contributed by atoms with Crippen LogP contribution in [0.2, 0.25) is 0 Å². The molecule has 0 fully saturated rings. The van der Waals surface area contributed by atoms with Gasteiger partial charge in [0.25, 0.3) is 0 Å². The van der Waals surface area contributed by atoms with Gasteiger partial charge in [-0.1, -0.05) is 6.07 Å². The zero-order valence-corrected chi connectivity index (χ0v) is 10.4. The molecule has 0 N–H and O–H groups in total. The first-order valence-corrected chi connectivity index (χ1v) is 5.77. The van der Waals surface area contributed by atoms with Crippen LogP contribution >= 0.6 is 11.6 Å². The lowest BCUT2D eigenvalue weighted by Gasteiger charge is -2.22. The quantitative estimate of drug-likeness (QED) is 0.564. The van der Waals surface area contributed by atoms with Crippen LogP contribution < -0.4 is 4.90 Å². The molecule has 0 aliphatic rings. The maximum Gasteiger partial charge on any atom is 0.129 e. The van der Waals surface area contributed by atoms with Gasteiger partial charge in [-0.05, 0) is 18.6 Å². The molecule has 0 aromatic heterocycles. The molecule has 0 unspecified atom stereocenters. The van der Waals surface area contributed by atoms with E-state index in [4.69, 9.17) is 16.3 Å². The minimum atomic E-state index is -0.244. The number of hydrogen-bond acceptors (Lipinski definition) is 2. The summed E-state index contributed by atoms with van der Waals surface area (Å²) in [5.74, 6) is -0.0533. The van der Waals surface area contributed by atoms with Crippen molar-refractivity contribution in [2.24, 2.45) is 0 Å². The number of alkyl halides is 1. The van der Waals surface area contributed by atoms with Crippen molar-refractivity contribution in [3.8, 4) is 0 Å². The third kappa shape index (κ3) is 3.35. The number of methoxy groups -OCH3 is 1. The molecule has 0 amide bonds. The third-order valence-electron chi connectivity index (χ3n) is 2.48. The Morgan fingerprint density at radius 2 is 2.19 bits per heavy atom. The predicted octanol–water partition coefficient (Wildman–Crippen LogP) is 3.04. The first kappa shape index (κ1) is 13.3. The van der Waals surface area contributed by atoms with E-state index in [1.54, 1.807) is 13.2 Å². The Labute approximate surface area is 101 Å². The summed E-state index contributed by atoms with van der Waals surface area (Å²) in [5, 5.41) is 0. The van der Waals surface area contributed by atoms with E-state index in [-0.39, 0.29) is 11.7 Å². The first-order chi connectivity index (χ1) is 7.70. The molecule has 0 saturated carbocycles. The van der Waals surface area contributed by atoms with Crippen LogP contribution in [0.4, 0.5) is 10.1 Å². The van der Waals surface area contributed by atoms with E-state index in [2.05, 4.69) is 0 Å². The van der Waals surface area contributed by atoms with Gasteiger partial charge in [0, 0.05) is 38.6 Å². The standard InChI is InChI=1S/C12H17ClFNO/c1-15(7-4-8-16-2)12-6-3-5-11(14)10(12)9-13/h3,5-6H,4,7-9H2,1-2H3. The van der Waals surface area contributed by atoms with Crippen LogP contribution in [0.3, 0.4) is 0 Å². The lowest BCUT2D eigenvalue weighted by molar-refractivity contribution is 0.196. The average Bonchev–Trinajstić information content (AvgIpc) is 2.29. The molecule has 0 spiro atoms. The SMILES string of the molecule is COCCCN(C)c1cccc(F)c1CCl. The summed E-state index contributed by atoms with van der Waals surface area (Å²) in [5.41, 5.74) is 1.41. The van der Waals surface area contributed by atoms with Crippen molar-refractivity contribution < 1.29 is 9.13 Å². The summed E-state index contributed by atoms with van der Waals surface area (Å²) < 4.78 is 18.4. The van der Waals surface area contributed by atoms with Crippen molar-refractivity contribution in [2.45, 2.75) is 12.3 Å². The molecule has 0 saturated heterocycles. The van der Waals surface area contributed by atoms with Gasteiger partial charge in [-0.15, -0.1) is 11.6 Å². The van der Waals surface area contributed by atoms with Gasteiger partial charge in [0.15, 0.2) is 0 Å². The van der Waals surface area contributed by atoms with Gasteiger partial charge in [0.1, 0.15) is 5.82 Å². The summed E-state index contributed by atoms with van der Waals surface area (Å²) in [6, 6.07) is 5.02. The summed E-state index contributed by atoms with van der Waals surface area (Å²) in [4.78, 5) is 2.00. The van der Waals surface area contributed by atoms with Gasteiger partial charge in [-0.3, -0.25) is 0 Å². The normalized spacial score (nSPS) is 10.5. The molecule has 1 aromatic carbocycles. The van der Waals surface area contributed by atoms with Crippen LogP contribution in [0.5, 0.6) is 0 Å². The van der Waals surface area contributed by atoms with Crippen LogP contribution in [-0.2, 0) is 10.6 Å². The van der Waals surface area contributed by atoms with Crippen LogP contribution in [0.15, 0.2) is 18.2 Å². The highest BCUT2D eigenvalue weighted by atomic mass is 35.5. The van der Waals surface area contributed by atoms with Gasteiger partial charge in [-0.2, -0.15) is 0 Å². The molecule has 0 aliphatic heterocycles. The molecule has 0 atom stereocenters. The van der Waals surface area contributed by atoms with Gasteiger partial charge < -0.3 is 9.64 Å². The Morgan fingerprint density at radius 3 is 2.81 bits per heavy atom. The maximum absolute atomic E-state index is 13.5. The molecule has 1 rings (SSSR count). The number of rotatable bonds is 6. The lowest BCUT2D eigenvalue weighted by Crippen LogP contribution is -2.21. The topological polar surface area (TPSA) is 12.5 Å². The van der Waals surface area contributed by atoms with Crippen LogP contribution in [0.25, 0.3) is 0 Å². The predicted molar refractivity (Wildman–Crippen MR) is 65.7 cm³/mol. The molecule has 0 heterocycles. The number of anilines is 1.